The Bertz CT molecular complexity index is 1230. The quantitative estimate of drug-likeness (QED) is 0.507. The summed E-state index contributed by atoms with van der Waals surface area (Å²) in [5.41, 5.74) is 4.13. The zero-order chi connectivity index (χ0) is 17.7. The number of rotatable bonds is 3. The lowest BCUT2D eigenvalue weighted by Crippen LogP contribution is -1.98. The molecule has 0 amide bonds. The lowest BCUT2D eigenvalue weighted by atomic mass is 10.1. The highest BCUT2D eigenvalue weighted by Crippen LogP contribution is 2.27. The van der Waals surface area contributed by atoms with Gasteiger partial charge >= 0.3 is 0 Å². The van der Waals surface area contributed by atoms with Gasteiger partial charge in [-0.05, 0) is 25.1 Å². The van der Waals surface area contributed by atoms with Gasteiger partial charge in [-0.25, -0.2) is 0 Å². The first-order valence-corrected chi connectivity index (χ1v) is 9.27. The number of hydrogen-bond donors (Lipinski definition) is 1. The summed E-state index contributed by atoms with van der Waals surface area (Å²) in [5, 5.41) is 23.3. The molecule has 3 heterocycles. The molecule has 8 heteroatoms. The smallest absolute Gasteiger partial charge is 0.234 e. The highest BCUT2D eigenvalue weighted by atomic mass is 35.5. The molecule has 0 fully saturated rings. The van der Waals surface area contributed by atoms with E-state index in [4.69, 9.17) is 16.7 Å². The van der Waals surface area contributed by atoms with Gasteiger partial charge in [0.2, 0.25) is 4.96 Å². The van der Waals surface area contributed by atoms with E-state index < -0.39 is 0 Å². The van der Waals surface area contributed by atoms with Gasteiger partial charge in [0.25, 0.3) is 0 Å². The Morgan fingerprint density at radius 3 is 2.81 bits per heavy atom. The molecule has 5 rings (SSSR count). The molecule has 0 aliphatic carbocycles. The summed E-state index contributed by atoms with van der Waals surface area (Å²) < 4.78 is 1.80. The van der Waals surface area contributed by atoms with Gasteiger partial charge in [0.1, 0.15) is 5.01 Å². The van der Waals surface area contributed by atoms with Crippen LogP contribution in [0.2, 0.25) is 5.02 Å². The Morgan fingerprint density at radius 2 is 1.96 bits per heavy atom. The monoisotopic (exact) mass is 380 g/mol. The predicted octanol–water partition coefficient (Wildman–Crippen LogP) is 4.28. The lowest BCUT2D eigenvalue weighted by Gasteiger charge is -1.98. The maximum Gasteiger partial charge on any atom is 0.234 e. The summed E-state index contributed by atoms with van der Waals surface area (Å²) in [6.07, 6.45) is 0.551. The van der Waals surface area contributed by atoms with E-state index >= 15 is 0 Å². The molecule has 0 spiro atoms. The fourth-order valence-electron chi connectivity index (χ4n) is 2.91. The van der Waals surface area contributed by atoms with Crippen LogP contribution in [0.1, 0.15) is 17.1 Å². The highest BCUT2D eigenvalue weighted by Gasteiger charge is 2.15. The van der Waals surface area contributed by atoms with Crippen molar-refractivity contribution in [1.29, 1.82) is 0 Å². The third kappa shape index (κ3) is 2.56. The van der Waals surface area contributed by atoms with Crippen molar-refractivity contribution < 1.29 is 0 Å². The SMILES string of the molecule is Cc1ccc(-c2nn3c(Cc4[nH]nc5ccc(Cl)cc45)nnc3s2)cc1. The van der Waals surface area contributed by atoms with Crippen LogP contribution in [0.15, 0.2) is 42.5 Å². The summed E-state index contributed by atoms with van der Waals surface area (Å²) in [7, 11) is 0. The van der Waals surface area contributed by atoms with E-state index in [-0.39, 0.29) is 0 Å². The lowest BCUT2D eigenvalue weighted by molar-refractivity contribution is 0.838. The molecule has 3 aromatic heterocycles. The van der Waals surface area contributed by atoms with E-state index in [0.717, 1.165) is 38.0 Å². The fraction of sp³-hybridized carbons (Fsp3) is 0.111. The highest BCUT2D eigenvalue weighted by molar-refractivity contribution is 7.19. The molecule has 26 heavy (non-hydrogen) atoms. The van der Waals surface area contributed by atoms with E-state index in [1.54, 1.807) is 4.52 Å². The van der Waals surface area contributed by atoms with Gasteiger partial charge < -0.3 is 0 Å². The van der Waals surface area contributed by atoms with Gasteiger partial charge in [-0.2, -0.15) is 14.7 Å². The molecule has 0 bridgehead atoms. The second-order valence-electron chi connectivity index (χ2n) is 6.12. The molecule has 2 aromatic carbocycles. The van der Waals surface area contributed by atoms with Crippen molar-refractivity contribution >= 4 is 38.8 Å². The average Bonchev–Trinajstić information content (AvgIpc) is 3.32. The van der Waals surface area contributed by atoms with Crippen LogP contribution in [0.25, 0.3) is 26.4 Å². The summed E-state index contributed by atoms with van der Waals surface area (Å²) in [5.74, 6) is 0.764. The number of aromatic amines is 1. The Balaban J connectivity index is 1.54. The average molecular weight is 381 g/mol. The summed E-state index contributed by atoms with van der Waals surface area (Å²) in [6, 6.07) is 14.0. The first-order chi connectivity index (χ1) is 12.7. The number of aryl methyl sites for hydroxylation is 1. The Hall–Kier alpha value is -2.77. The molecule has 0 saturated heterocycles. The topological polar surface area (TPSA) is 71.8 Å². The van der Waals surface area contributed by atoms with Gasteiger partial charge in [0, 0.05) is 16.0 Å². The Kier molecular flexibility index (Phi) is 3.51. The van der Waals surface area contributed by atoms with Crippen molar-refractivity contribution in [2.24, 2.45) is 0 Å². The number of fused-ring (bicyclic) bond motifs is 2. The van der Waals surface area contributed by atoms with Crippen molar-refractivity contribution in [2.45, 2.75) is 13.3 Å². The largest absolute Gasteiger partial charge is 0.281 e. The molecular formula is C18H13ClN6S. The predicted molar refractivity (Wildman–Crippen MR) is 103 cm³/mol. The zero-order valence-electron chi connectivity index (χ0n) is 13.8. The molecule has 0 atom stereocenters. The number of hydrogen-bond acceptors (Lipinski definition) is 5. The van der Waals surface area contributed by atoms with E-state index in [1.165, 1.54) is 16.9 Å². The molecule has 0 unspecified atom stereocenters. The number of benzene rings is 2. The molecule has 0 aliphatic heterocycles. The Morgan fingerprint density at radius 1 is 1.12 bits per heavy atom. The van der Waals surface area contributed by atoms with Gasteiger partial charge in [0.05, 0.1) is 17.6 Å². The van der Waals surface area contributed by atoms with Crippen molar-refractivity contribution in [2.75, 3.05) is 0 Å². The first-order valence-electron chi connectivity index (χ1n) is 8.08. The molecule has 128 valence electrons. The fourth-order valence-corrected chi connectivity index (χ4v) is 3.94. The number of halogens is 1. The molecule has 1 N–H and O–H groups in total. The number of aromatic nitrogens is 6. The third-order valence-corrected chi connectivity index (χ3v) is 5.47. The molecule has 0 aliphatic rings. The second kappa shape index (κ2) is 5.89. The zero-order valence-corrected chi connectivity index (χ0v) is 15.3. The normalized spacial score (nSPS) is 11.6. The van der Waals surface area contributed by atoms with Crippen molar-refractivity contribution in [3.8, 4) is 10.6 Å². The number of H-pyrrole nitrogens is 1. The molecular weight excluding hydrogens is 368 g/mol. The van der Waals surface area contributed by atoms with Gasteiger partial charge in [-0.15, -0.1) is 10.2 Å². The minimum absolute atomic E-state index is 0.551. The van der Waals surface area contributed by atoms with Crippen LogP contribution in [0.4, 0.5) is 0 Å². The van der Waals surface area contributed by atoms with Crippen molar-refractivity contribution in [3.63, 3.8) is 0 Å². The van der Waals surface area contributed by atoms with Crippen LogP contribution in [0, 0.1) is 6.92 Å². The first kappa shape index (κ1) is 15.5. The summed E-state index contributed by atoms with van der Waals surface area (Å²) >= 11 is 7.65. The van der Waals surface area contributed by atoms with Crippen LogP contribution >= 0.6 is 22.9 Å². The minimum Gasteiger partial charge on any atom is -0.281 e. The maximum absolute atomic E-state index is 6.12. The molecule has 6 nitrogen and oxygen atoms in total. The van der Waals surface area contributed by atoms with Crippen molar-refractivity contribution in [3.05, 3.63) is 64.6 Å². The minimum atomic E-state index is 0.551. The number of nitrogens with zero attached hydrogens (tertiary/aromatic N) is 5. The molecule has 0 saturated carbocycles. The summed E-state index contributed by atoms with van der Waals surface area (Å²) in [6.45, 7) is 2.07. The third-order valence-electron chi connectivity index (χ3n) is 4.28. The Labute approximate surface area is 157 Å². The van der Waals surface area contributed by atoms with E-state index in [1.807, 2.05) is 18.2 Å². The molecule has 5 aromatic rings. The maximum atomic E-state index is 6.12. The molecule has 0 radical (unpaired) electrons. The summed E-state index contributed by atoms with van der Waals surface area (Å²) in [4.78, 5) is 0.775. The van der Waals surface area contributed by atoms with Crippen LogP contribution in [-0.4, -0.2) is 30.0 Å². The van der Waals surface area contributed by atoms with Gasteiger partial charge in [0.15, 0.2) is 5.82 Å². The van der Waals surface area contributed by atoms with E-state index in [0.29, 0.717) is 11.4 Å². The van der Waals surface area contributed by atoms with Gasteiger partial charge in [-0.3, -0.25) is 5.10 Å². The van der Waals surface area contributed by atoms with E-state index in [9.17, 15) is 0 Å². The standard InChI is InChI=1S/C18H13ClN6S/c1-10-2-4-11(5-3-10)17-24-25-16(22-23-18(25)26-17)9-15-13-8-12(19)6-7-14(13)20-21-15/h2-8H,9H2,1H3,(H,20,21). The van der Waals surface area contributed by atoms with Crippen molar-refractivity contribution in [1.82, 2.24) is 30.0 Å². The van der Waals surface area contributed by atoms with Gasteiger partial charge in [-0.1, -0.05) is 52.8 Å². The van der Waals surface area contributed by atoms with E-state index in [2.05, 4.69) is 51.6 Å². The van der Waals surface area contributed by atoms with Crippen LogP contribution in [-0.2, 0) is 6.42 Å². The van der Waals surface area contributed by atoms with Crippen LogP contribution in [0.5, 0.6) is 0 Å². The van der Waals surface area contributed by atoms with Crippen LogP contribution in [0.3, 0.4) is 0 Å². The second-order valence-corrected chi connectivity index (χ2v) is 7.52. The number of nitrogens with one attached hydrogen (secondary N) is 1. The van der Waals surface area contributed by atoms with Crippen LogP contribution < -0.4 is 0 Å².